The van der Waals surface area contributed by atoms with Gasteiger partial charge in [0.15, 0.2) is 0 Å². The molecule has 0 saturated carbocycles. The first-order valence-electron chi connectivity index (χ1n) is 7.67. The second kappa shape index (κ2) is 6.76. The first-order valence-corrected chi connectivity index (χ1v) is 7.67. The molecule has 1 atom stereocenters. The second-order valence-corrected chi connectivity index (χ2v) is 5.88. The molecule has 3 nitrogen and oxygen atoms in total. The predicted molar refractivity (Wildman–Crippen MR) is 83.9 cm³/mol. The third-order valence-electron chi connectivity index (χ3n) is 3.98. The lowest BCUT2D eigenvalue weighted by Crippen LogP contribution is -2.51. The Morgan fingerprint density at radius 1 is 1.35 bits per heavy atom. The lowest BCUT2D eigenvalue weighted by molar-refractivity contribution is 0.441. The lowest BCUT2D eigenvalue weighted by atomic mass is 10.0. The fourth-order valence-corrected chi connectivity index (χ4v) is 2.85. The average molecular weight is 271 g/mol. The van der Waals surface area contributed by atoms with E-state index in [0.717, 1.165) is 32.5 Å². The van der Waals surface area contributed by atoms with Gasteiger partial charge in [-0.25, -0.2) is 0 Å². The fourth-order valence-electron chi connectivity index (χ4n) is 2.85. The summed E-state index contributed by atoms with van der Waals surface area (Å²) >= 11 is 0. The van der Waals surface area contributed by atoms with Gasteiger partial charge in [0.2, 0.25) is 0 Å². The highest BCUT2D eigenvalue weighted by atomic mass is 15.2. The third kappa shape index (κ3) is 3.52. The number of nitrogens with one attached hydrogen (secondary N) is 1. The molecule has 0 aromatic heterocycles. The molecule has 0 saturated heterocycles. The van der Waals surface area contributed by atoms with E-state index in [9.17, 15) is 5.26 Å². The number of rotatable bonds is 5. The summed E-state index contributed by atoms with van der Waals surface area (Å²) in [5.41, 5.74) is 2.25. The van der Waals surface area contributed by atoms with Crippen LogP contribution in [0.15, 0.2) is 24.3 Å². The Bertz CT molecular complexity index is 477. The van der Waals surface area contributed by atoms with Gasteiger partial charge in [0.05, 0.1) is 6.07 Å². The van der Waals surface area contributed by atoms with Gasteiger partial charge in [-0.05, 0) is 50.8 Å². The van der Waals surface area contributed by atoms with Crippen LogP contribution in [0.2, 0.25) is 0 Å². The maximum absolute atomic E-state index is 9.52. The van der Waals surface area contributed by atoms with Crippen LogP contribution in [0.25, 0.3) is 0 Å². The van der Waals surface area contributed by atoms with Crippen molar-refractivity contribution in [2.75, 3.05) is 24.5 Å². The zero-order valence-corrected chi connectivity index (χ0v) is 12.7. The minimum absolute atomic E-state index is 0.479. The van der Waals surface area contributed by atoms with E-state index >= 15 is 0 Å². The standard InChI is InChI=1S/C17H25N3/c1-3-11-19-17(2,13-18)14-20-12-7-6-9-15-8-4-5-10-16(15)20/h4-5,8,10,19H,3,6-7,9,11-12,14H2,1-2H3. The van der Waals surface area contributed by atoms with Gasteiger partial charge in [-0.1, -0.05) is 25.1 Å². The zero-order valence-electron chi connectivity index (χ0n) is 12.7. The number of nitrogens with zero attached hydrogens (tertiary/aromatic N) is 2. The maximum Gasteiger partial charge on any atom is 0.121 e. The van der Waals surface area contributed by atoms with E-state index < -0.39 is 5.54 Å². The molecule has 0 bridgehead atoms. The molecule has 3 heteroatoms. The Labute approximate surface area is 122 Å². The molecular formula is C17H25N3. The summed E-state index contributed by atoms with van der Waals surface area (Å²) in [5.74, 6) is 0. The van der Waals surface area contributed by atoms with E-state index in [2.05, 4.69) is 47.5 Å². The van der Waals surface area contributed by atoms with Crippen molar-refractivity contribution in [2.24, 2.45) is 0 Å². The molecule has 0 aliphatic carbocycles. The molecule has 1 aliphatic heterocycles. The van der Waals surface area contributed by atoms with Crippen molar-refractivity contribution in [3.8, 4) is 6.07 Å². The van der Waals surface area contributed by atoms with Crippen LogP contribution < -0.4 is 10.2 Å². The lowest BCUT2D eigenvalue weighted by Gasteiger charge is -2.33. The van der Waals surface area contributed by atoms with E-state index in [1.807, 2.05) is 6.92 Å². The summed E-state index contributed by atoms with van der Waals surface area (Å²) in [6, 6.07) is 11.1. The highest BCUT2D eigenvalue weighted by Crippen LogP contribution is 2.27. The molecule has 1 N–H and O–H groups in total. The van der Waals surface area contributed by atoms with Gasteiger partial charge in [-0.2, -0.15) is 5.26 Å². The van der Waals surface area contributed by atoms with Crippen LogP contribution in [0.4, 0.5) is 5.69 Å². The normalized spacial score (nSPS) is 17.8. The monoisotopic (exact) mass is 271 g/mol. The number of hydrogen-bond donors (Lipinski definition) is 1. The van der Waals surface area contributed by atoms with Gasteiger partial charge in [0, 0.05) is 18.8 Å². The van der Waals surface area contributed by atoms with Crippen molar-refractivity contribution in [1.29, 1.82) is 5.26 Å². The highest BCUT2D eigenvalue weighted by Gasteiger charge is 2.27. The van der Waals surface area contributed by atoms with Crippen LogP contribution >= 0.6 is 0 Å². The van der Waals surface area contributed by atoms with Gasteiger partial charge in [-0.3, -0.25) is 5.32 Å². The molecule has 1 heterocycles. The molecule has 1 aromatic rings. The molecule has 0 fully saturated rings. The Balaban J connectivity index is 2.18. The molecule has 1 aromatic carbocycles. The highest BCUT2D eigenvalue weighted by molar-refractivity contribution is 5.55. The number of nitriles is 1. The van der Waals surface area contributed by atoms with Crippen molar-refractivity contribution >= 4 is 5.69 Å². The Morgan fingerprint density at radius 3 is 2.90 bits per heavy atom. The van der Waals surface area contributed by atoms with Crippen LogP contribution in [0.3, 0.4) is 0 Å². The summed E-state index contributed by atoms with van der Waals surface area (Å²) < 4.78 is 0. The molecule has 0 spiro atoms. The maximum atomic E-state index is 9.52. The molecule has 0 amide bonds. The molecule has 108 valence electrons. The Kier molecular flexibility index (Phi) is 5.03. The van der Waals surface area contributed by atoms with Gasteiger partial charge >= 0.3 is 0 Å². The Hall–Kier alpha value is -1.53. The zero-order chi connectivity index (χ0) is 14.4. The minimum Gasteiger partial charge on any atom is -0.368 e. The van der Waals surface area contributed by atoms with Crippen molar-refractivity contribution in [2.45, 2.75) is 45.1 Å². The number of benzene rings is 1. The Morgan fingerprint density at radius 2 is 2.15 bits per heavy atom. The van der Waals surface area contributed by atoms with E-state index in [-0.39, 0.29) is 0 Å². The average Bonchev–Trinajstić information content (AvgIpc) is 2.68. The minimum atomic E-state index is -0.479. The summed E-state index contributed by atoms with van der Waals surface area (Å²) in [6.07, 6.45) is 4.63. The van der Waals surface area contributed by atoms with Crippen LogP contribution in [0.5, 0.6) is 0 Å². The topological polar surface area (TPSA) is 39.1 Å². The van der Waals surface area contributed by atoms with Gasteiger partial charge in [-0.15, -0.1) is 0 Å². The number of para-hydroxylation sites is 1. The van der Waals surface area contributed by atoms with E-state index in [0.29, 0.717) is 0 Å². The summed E-state index contributed by atoms with van der Waals surface area (Å²) in [5, 5.41) is 12.9. The van der Waals surface area contributed by atoms with Gasteiger partial charge in [0.1, 0.15) is 5.54 Å². The molecule has 20 heavy (non-hydrogen) atoms. The summed E-state index contributed by atoms with van der Waals surface area (Å²) in [7, 11) is 0. The van der Waals surface area contributed by atoms with E-state index in [4.69, 9.17) is 0 Å². The largest absolute Gasteiger partial charge is 0.368 e. The van der Waals surface area contributed by atoms with E-state index in [1.165, 1.54) is 24.1 Å². The second-order valence-electron chi connectivity index (χ2n) is 5.88. The number of anilines is 1. The first kappa shape index (κ1) is 14.9. The SMILES string of the molecule is CCCNC(C)(C#N)CN1CCCCc2ccccc21. The molecule has 1 unspecified atom stereocenters. The van der Waals surface area contributed by atoms with Crippen LogP contribution in [0, 0.1) is 11.3 Å². The van der Waals surface area contributed by atoms with Crippen molar-refractivity contribution < 1.29 is 0 Å². The number of hydrogen-bond acceptors (Lipinski definition) is 3. The third-order valence-corrected chi connectivity index (χ3v) is 3.98. The van der Waals surface area contributed by atoms with Crippen molar-refractivity contribution in [1.82, 2.24) is 5.32 Å². The summed E-state index contributed by atoms with van der Waals surface area (Å²) in [6.45, 7) is 6.82. The molecule has 2 rings (SSSR count). The van der Waals surface area contributed by atoms with Crippen molar-refractivity contribution in [3.63, 3.8) is 0 Å². The summed E-state index contributed by atoms with van der Waals surface area (Å²) in [4.78, 5) is 2.38. The predicted octanol–water partition coefficient (Wildman–Crippen LogP) is 3.11. The van der Waals surface area contributed by atoms with Gasteiger partial charge < -0.3 is 4.90 Å². The molecular weight excluding hydrogens is 246 g/mol. The number of aryl methyl sites for hydroxylation is 1. The van der Waals surface area contributed by atoms with E-state index in [1.54, 1.807) is 0 Å². The van der Waals surface area contributed by atoms with Crippen LogP contribution in [-0.4, -0.2) is 25.2 Å². The van der Waals surface area contributed by atoms with Crippen LogP contribution in [0.1, 0.15) is 38.7 Å². The van der Waals surface area contributed by atoms with Crippen LogP contribution in [-0.2, 0) is 6.42 Å². The van der Waals surface area contributed by atoms with Gasteiger partial charge in [0.25, 0.3) is 0 Å². The molecule has 1 aliphatic rings. The number of fused-ring (bicyclic) bond motifs is 1. The quantitative estimate of drug-likeness (QED) is 0.894. The molecule has 0 radical (unpaired) electrons. The smallest absolute Gasteiger partial charge is 0.121 e. The first-order chi connectivity index (χ1) is 9.68. The van der Waals surface area contributed by atoms with Crippen molar-refractivity contribution in [3.05, 3.63) is 29.8 Å². The fraction of sp³-hybridized carbons (Fsp3) is 0.588.